The molecular formula is C23H40O4SSi. The average Bonchev–Trinajstić information content (AvgIpc) is 2.94. The summed E-state index contributed by atoms with van der Waals surface area (Å²) in [6.45, 7) is 18.5. The van der Waals surface area contributed by atoms with Crippen molar-refractivity contribution in [1.29, 1.82) is 0 Å². The summed E-state index contributed by atoms with van der Waals surface area (Å²) in [5.41, 5.74) is 2.68. The SMILES string of the molecule is Cc1ccc(S(=O)(=O)O[C@@H]2C[C@@H](CO[Si](C(C)C)(C(C)C)C(C)C)C[C@H]2C)cc1. The molecule has 6 heteroatoms. The van der Waals surface area contributed by atoms with E-state index in [9.17, 15) is 8.42 Å². The fourth-order valence-corrected chi connectivity index (χ4v) is 12.0. The van der Waals surface area contributed by atoms with Gasteiger partial charge in [0.15, 0.2) is 8.32 Å². The molecule has 4 nitrogen and oxygen atoms in total. The van der Waals surface area contributed by atoms with Crippen LogP contribution in [-0.4, -0.2) is 29.4 Å². The van der Waals surface area contributed by atoms with Crippen molar-refractivity contribution in [3.8, 4) is 0 Å². The van der Waals surface area contributed by atoms with Gasteiger partial charge in [0.05, 0.1) is 11.0 Å². The van der Waals surface area contributed by atoms with Crippen LogP contribution in [0.25, 0.3) is 0 Å². The molecule has 0 unspecified atom stereocenters. The molecule has 2 rings (SSSR count). The highest BCUT2D eigenvalue weighted by atomic mass is 32.2. The van der Waals surface area contributed by atoms with Crippen molar-refractivity contribution < 1.29 is 17.0 Å². The zero-order chi connectivity index (χ0) is 22.0. The molecule has 1 aliphatic carbocycles. The number of benzene rings is 1. The summed E-state index contributed by atoms with van der Waals surface area (Å²) in [4.78, 5) is 0.237. The monoisotopic (exact) mass is 440 g/mol. The molecule has 0 N–H and O–H groups in total. The first kappa shape index (κ1) is 24.6. The lowest BCUT2D eigenvalue weighted by Gasteiger charge is -2.42. The van der Waals surface area contributed by atoms with Gasteiger partial charge < -0.3 is 4.43 Å². The van der Waals surface area contributed by atoms with Crippen LogP contribution >= 0.6 is 0 Å². The first-order valence-corrected chi connectivity index (χ1v) is 14.6. The maximum absolute atomic E-state index is 12.7. The fourth-order valence-electron chi connectivity index (χ4n) is 5.29. The molecule has 0 radical (unpaired) electrons. The third-order valence-electron chi connectivity index (χ3n) is 6.74. The molecule has 0 spiro atoms. The average molecular weight is 441 g/mol. The van der Waals surface area contributed by atoms with Gasteiger partial charge in [0, 0.05) is 6.61 Å². The summed E-state index contributed by atoms with van der Waals surface area (Å²) in [5.74, 6) is 0.559. The van der Waals surface area contributed by atoms with Crippen molar-refractivity contribution in [2.45, 2.75) is 95.9 Å². The van der Waals surface area contributed by atoms with Gasteiger partial charge in [-0.3, -0.25) is 4.18 Å². The van der Waals surface area contributed by atoms with E-state index in [1.54, 1.807) is 24.3 Å². The van der Waals surface area contributed by atoms with Crippen molar-refractivity contribution in [1.82, 2.24) is 0 Å². The largest absolute Gasteiger partial charge is 0.416 e. The lowest BCUT2D eigenvalue weighted by atomic mass is 10.1. The Balaban J connectivity index is 2.04. The minimum absolute atomic E-state index is 0.206. The van der Waals surface area contributed by atoms with Gasteiger partial charge in [0.2, 0.25) is 0 Å². The standard InChI is InChI=1S/C23H40O4SSi/c1-16(2)29(17(3)4,18(5)6)26-15-21-13-20(8)23(14-21)27-28(24,25)22-11-9-19(7)10-12-22/h9-12,16-18,20-21,23H,13-15H2,1-8H3/t20-,21+,23-/m1/s1. The van der Waals surface area contributed by atoms with Crippen molar-refractivity contribution in [2.75, 3.05) is 6.61 Å². The Morgan fingerprint density at radius 2 is 1.48 bits per heavy atom. The topological polar surface area (TPSA) is 52.6 Å². The summed E-state index contributed by atoms with van der Waals surface area (Å²) < 4.78 is 37.8. The second-order valence-corrected chi connectivity index (χ2v) is 16.9. The lowest BCUT2D eigenvalue weighted by Crippen LogP contribution is -2.48. The van der Waals surface area contributed by atoms with Crippen molar-refractivity contribution in [3.63, 3.8) is 0 Å². The van der Waals surface area contributed by atoms with Gasteiger partial charge in [-0.15, -0.1) is 0 Å². The van der Waals surface area contributed by atoms with Crippen molar-refractivity contribution in [2.24, 2.45) is 11.8 Å². The molecular weight excluding hydrogens is 400 g/mol. The molecule has 0 bridgehead atoms. The number of rotatable bonds is 9. The highest BCUT2D eigenvalue weighted by Crippen LogP contribution is 2.44. The Labute approximate surface area is 179 Å². The van der Waals surface area contributed by atoms with Gasteiger partial charge >= 0.3 is 0 Å². The van der Waals surface area contributed by atoms with Gasteiger partial charge in [-0.2, -0.15) is 8.42 Å². The summed E-state index contributed by atoms with van der Waals surface area (Å²) >= 11 is 0. The fraction of sp³-hybridized carbons (Fsp3) is 0.739. The maximum Gasteiger partial charge on any atom is 0.297 e. The third kappa shape index (κ3) is 5.52. The van der Waals surface area contributed by atoms with Gasteiger partial charge in [0.25, 0.3) is 10.1 Å². The van der Waals surface area contributed by atoms with E-state index in [4.69, 9.17) is 8.61 Å². The highest BCUT2D eigenvalue weighted by Gasteiger charge is 2.46. The van der Waals surface area contributed by atoms with Crippen LogP contribution in [0, 0.1) is 18.8 Å². The number of hydrogen-bond donors (Lipinski definition) is 0. The zero-order valence-corrected chi connectivity index (χ0v) is 21.3. The van der Waals surface area contributed by atoms with Crippen LogP contribution in [0.15, 0.2) is 29.2 Å². The van der Waals surface area contributed by atoms with E-state index in [0.717, 1.165) is 25.0 Å². The smallest absolute Gasteiger partial charge is 0.297 e. The summed E-state index contributed by atoms with van der Waals surface area (Å²) in [7, 11) is -5.64. The Hall–Kier alpha value is -0.693. The van der Waals surface area contributed by atoms with Crippen LogP contribution in [0.3, 0.4) is 0 Å². The van der Waals surface area contributed by atoms with E-state index < -0.39 is 18.4 Å². The van der Waals surface area contributed by atoms with Crippen LogP contribution in [0.1, 0.15) is 66.9 Å². The molecule has 0 aromatic heterocycles. The van der Waals surface area contributed by atoms with E-state index in [0.29, 0.717) is 22.5 Å². The first-order chi connectivity index (χ1) is 13.4. The molecule has 0 heterocycles. The number of hydrogen-bond acceptors (Lipinski definition) is 4. The second kappa shape index (κ2) is 9.63. The molecule has 3 atom stereocenters. The quantitative estimate of drug-likeness (QED) is 0.334. The van der Waals surface area contributed by atoms with E-state index in [1.165, 1.54) is 0 Å². The van der Waals surface area contributed by atoms with Crippen LogP contribution in [0.4, 0.5) is 0 Å². The van der Waals surface area contributed by atoms with Crippen LogP contribution in [0.5, 0.6) is 0 Å². The third-order valence-corrected chi connectivity index (χ3v) is 14.2. The highest BCUT2D eigenvalue weighted by molar-refractivity contribution is 7.86. The maximum atomic E-state index is 12.7. The molecule has 0 saturated heterocycles. The molecule has 1 aromatic rings. The van der Waals surface area contributed by atoms with Crippen molar-refractivity contribution in [3.05, 3.63) is 29.8 Å². The van der Waals surface area contributed by atoms with E-state index in [-0.39, 0.29) is 16.9 Å². The Morgan fingerprint density at radius 3 is 1.97 bits per heavy atom. The van der Waals surface area contributed by atoms with Crippen LogP contribution < -0.4 is 0 Å². The zero-order valence-electron chi connectivity index (χ0n) is 19.4. The minimum Gasteiger partial charge on any atom is -0.416 e. The predicted octanol–water partition coefficient (Wildman–Crippen LogP) is 6.31. The van der Waals surface area contributed by atoms with Gasteiger partial charge in [-0.25, -0.2) is 0 Å². The first-order valence-electron chi connectivity index (χ1n) is 11.0. The lowest BCUT2D eigenvalue weighted by molar-refractivity contribution is 0.167. The van der Waals surface area contributed by atoms with E-state index >= 15 is 0 Å². The van der Waals surface area contributed by atoms with Crippen molar-refractivity contribution >= 4 is 18.4 Å². The van der Waals surface area contributed by atoms with Gasteiger partial charge in [-0.1, -0.05) is 66.2 Å². The summed E-state index contributed by atoms with van der Waals surface area (Å²) in [5, 5.41) is 0. The molecule has 0 aliphatic heterocycles. The molecule has 166 valence electrons. The Kier molecular flexibility index (Phi) is 8.16. The van der Waals surface area contributed by atoms with Crippen LogP contribution in [0.2, 0.25) is 16.6 Å². The van der Waals surface area contributed by atoms with Gasteiger partial charge in [0.1, 0.15) is 0 Å². The Morgan fingerprint density at radius 1 is 0.966 bits per heavy atom. The molecule has 1 aromatic carbocycles. The van der Waals surface area contributed by atoms with Crippen LogP contribution in [-0.2, 0) is 18.7 Å². The number of aryl methyl sites for hydroxylation is 1. The molecule has 1 aliphatic rings. The summed E-state index contributed by atoms with van der Waals surface area (Å²) in [6, 6.07) is 6.86. The minimum atomic E-state index is -3.73. The molecule has 29 heavy (non-hydrogen) atoms. The molecule has 1 saturated carbocycles. The second-order valence-electron chi connectivity index (χ2n) is 9.85. The normalized spacial score (nSPS) is 23.5. The van der Waals surface area contributed by atoms with Gasteiger partial charge in [-0.05, 0) is 60.4 Å². The summed E-state index contributed by atoms with van der Waals surface area (Å²) in [6.07, 6.45) is 1.42. The molecule has 1 fully saturated rings. The van der Waals surface area contributed by atoms with E-state index in [2.05, 4.69) is 48.5 Å². The Bertz CT molecular complexity index is 734. The predicted molar refractivity (Wildman–Crippen MR) is 122 cm³/mol. The van der Waals surface area contributed by atoms with E-state index in [1.807, 2.05) is 6.92 Å². The molecule has 0 amide bonds.